The van der Waals surface area contributed by atoms with E-state index in [0.29, 0.717) is 17.6 Å². The lowest BCUT2D eigenvalue weighted by molar-refractivity contribution is -0.128. The summed E-state index contributed by atoms with van der Waals surface area (Å²) in [5.74, 6) is 1.81. The van der Waals surface area contributed by atoms with E-state index in [2.05, 4.69) is 20.8 Å². The average molecular weight is 482 g/mol. The molecule has 7 nitrogen and oxygen atoms in total. The number of aromatic nitrogens is 4. The Balaban J connectivity index is 1.31. The van der Waals surface area contributed by atoms with Gasteiger partial charge in [0, 0.05) is 13.1 Å². The molecule has 9 heteroatoms. The topological polar surface area (TPSA) is 77.1 Å². The number of furan rings is 1. The number of nitrogens with zero attached hydrogens (tertiary/aromatic N) is 5. The summed E-state index contributed by atoms with van der Waals surface area (Å²) in [6.45, 7) is 2.03. The minimum atomic E-state index is -0.0922. The van der Waals surface area contributed by atoms with Gasteiger partial charge in [0.25, 0.3) is 0 Å². The summed E-state index contributed by atoms with van der Waals surface area (Å²) in [6, 6.07) is 12.1. The Hall–Kier alpha value is -2.65. The zero-order chi connectivity index (χ0) is 22.8. The molecule has 0 aliphatic heterocycles. The van der Waals surface area contributed by atoms with Crippen LogP contribution in [0.3, 0.4) is 0 Å². The Bertz CT molecular complexity index is 1190. The molecule has 0 bridgehead atoms. The lowest BCUT2D eigenvalue weighted by Crippen LogP contribution is -2.31. The van der Waals surface area contributed by atoms with Gasteiger partial charge in [-0.3, -0.25) is 9.36 Å². The molecule has 1 atom stereocenters. The van der Waals surface area contributed by atoms with Gasteiger partial charge in [-0.25, -0.2) is 4.98 Å². The molecule has 3 aromatic heterocycles. The second-order valence-electron chi connectivity index (χ2n) is 8.43. The van der Waals surface area contributed by atoms with Crippen LogP contribution in [0.4, 0.5) is 0 Å². The van der Waals surface area contributed by atoms with Crippen LogP contribution in [0.15, 0.2) is 52.2 Å². The van der Waals surface area contributed by atoms with Crippen LogP contribution < -0.4 is 0 Å². The second kappa shape index (κ2) is 9.69. The summed E-state index contributed by atoms with van der Waals surface area (Å²) < 4.78 is 8.95. The van der Waals surface area contributed by atoms with Crippen molar-refractivity contribution in [3.8, 4) is 11.6 Å². The van der Waals surface area contributed by atoms with Crippen LogP contribution in [0.5, 0.6) is 0 Å². The zero-order valence-corrected chi connectivity index (χ0v) is 20.4. The quantitative estimate of drug-likeness (QED) is 0.303. The molecule has 5 rings (SSSR count). The van der Waals surface area contributed by atoms with Crippen molar-refractivity contribution >= 4 is 39.2 Å². The molecular formula is C24H27N5O2S2. The molecule has 1 aliphatic rings. The van der Waals surface area contributed by atoms with Gasteiger partial charge in [-0.05, 0) is 44.0 Å². The van der Waals surface area contributed by atoms with Crippen LogP contribution in [0.25, 0.3) is 21.8 Å². The maximum atomic E-state index is 13.1. The molecule has 1 unspecified atom stereocenters. The smallest absolute Gasteiger partial charge is 0.233 e. The molecule has 4 aromatic rings. The third-order valence-electron chi connectivity index (χ3n) is 6.31. The highest BCUT2D eigenvalue weighted by molar-refractivity contribution is 7.99. The van der Waals surface area contributed by atoms with Gasteiger partial charge in [0.15, 0.2) is 10.9 Å². The highest BCUT2D eigenvalue weighted by atomic mass is 32.2. The second-order valence-corrected chi connectivity index (χ2v) is 10.4. The van der Waals surface area contributed by atoms with Crippen molar-refractivity contribution in [2.24, 2.45) is 0 Å². The largest absolute Gasteiger partial charge is 0.461 e. The van der Waals surface area contributed by atoms with Gasteiger partial charge in [-0.15, -0.1) is 21.5 Å². The first kappa shape index (κ1) is 22.2. The number of fused-ring (bicyclic) bond motifs is 1. The summed E-state index contributed by atoms with van der Waals surface area (Å²) in [5.41, 5.74) is 0.977. The summed E-state index contributed by atoms with van der Waals surface area (Å²) in [4.78, 5) is 19.6. The Morgan fingerprint density at radius 3 is 2.79 bits per heavy atom. The monoisotopic (exact) mass is 481 g/mol. The van der Waals surface area contributed by atoms with Crippen molar-refractivity contribution in [3.63, 3.8) is 0 Å². The first-order valence-electron chi connectivity index (χ1n) is 11.3. The van der Waals surface area contributed by atoms with Gasteiger partial charge in [0.1, 0.15) is 5.01 Å². The van der Waals surface area contributed by atoms with E-state index < -0.39 is 0 Å². The minimum Gasteiger partial charge on any atom is -0.461 e. The highest BCUT2D eigenvalue weighted by Gasteiger charge is 2.26. The summed E-state index contributed by atoms with van der Waals surface area (Å²) >= 11 is 3.09. The lowest BCUT2D eigenvalue weighted by Gasteiger charge is -2.26. The zero-order valence-electron chi connectivity index (χ0n) is 18.8. The van der Waals surface area contributed by atoms with E-state index in [9.17, 15) is 4.79 Å². The van der Waals surface area contributed by atoms with Crippen molar-refractivity contribution in [3.05, 3.63) is 47.7 Å². The molecule has 1 saturated carbocycles. The Kier molecular flexibility index (Phi) is 6.50. The molecule has 1 aliphatic carbocycles. The predicted octanol–water partition coefficient (Wildman–Crippen LogP) is 5.96. The highest BCUT2D eigenvalue weighted by Crippen LogP contribution is 2.36. The van der Waals surface area contributed by atoms with Crippen molar-refractivity contribution < 1.29 is 9.21 Å². The lowest BCUT2D eigenvalue weighted by atomic mass is 9.95. The normalized spacial score (nSPS) is 15.7. The maximum Gasteiger partial charge on any atom is 0.233 e. The SMILES string of the molecule is CC(c1nc2ccccc2s1)N(C)C(=O)CSc1nnc(-c2ccco2)n1C1CCCCC1. The predicted molar refractivity (Wildman–Crippen MR) is 131 cm³/mol. The standard InChI is InChI=1S/C24H27N5O2S2/c1-16(23-25-18-11-6-7-13-20(18)33-23)28(2)21(30)15-32-24-27-26-22(19-12-8-14-31-19)29(24)17-9-4-3-5-10-17/h6-8,11-14,16-17H,3-5,9-10,15H2,1-2H3. The van der Waals surface area contributed by atoms with E-state index in [1.165, 1.54) is 31.0 Å². The first-order valence-corrected chi connectivity index (χ1v) is 13.1. The van der Waals surface area contributed by atoms with Crippen LogP contribution in [-0.2, 0) is 4.79 Å². The van der Waals surface area contributed by atoms with Gasteiger partial charge in [0.2, 0.25) is 11.7 Å². The molecule has 0 radical (unpaired) electrons. The molecule has 172 valence electrons. The number of thiazole rings is 1. The van der Waals surface area contributed by atoms with Gasteiger partial charge >= 0.3 is 0 Å². The van der Waals surface area contributed by atoms with E-state index in [-0.39, 0.29) is 11.9 Å². The van der Waals surface area contributed by atoms with Gasteiger partial charge < -0.3 is 9.32 Å². The van der Waals surface area contributed by atoms with E-state index >= 15 is 0 Å². The number of carbonyl (C=O) groups is 1. The number of carbonyl (C=O) groups excluding carboxylic acids is 1. The Morgan fingerprint density at radius 2 is 2.03 bits per heavy atom. The molecule has 1 fully saturated rings. The van der Waals surface area contributed by atoms with Crippen molar-refractivity contribution in [2.75, 3.05) is 12.8 Å². The van der Waals surface area contributed by atoms with Crippen molar-refractivity contribution in [1.29, 1.82) is 0 Å². The van der Waals surface area contributed by atoms with Crippen LogP contribution in [-0.4, -0.2) is 43.4 Å². The summed E-state index contributed by atoms with van der Waals surface area (Å²) in [6.07, 6.45) is 7.52. The number of benzene rings is 1. The van der Waals surface area contributed by atoms with E-state index in [4.69, 9.17) is 9.40 Å². The number of hydrogen-bond acceptors (Lipinski definition) is 7. The molecule has 3 heterocycles. The number of para-hydroxylation sites is 1. The van der Waals surface area contributed by atoms with Gasteiger partial charge in [-0.2, -0.15) is 0 Å². The van der Waals surface area contributed by atoms with Gasteiger partial charge in [0.05, 0.1) is 28.3 Å². The molecule has 0 saturated heterocycles. The summed E-state index contributed by atoms with van der Waals surface area (Å²) in [7, 11) is 1.85. The third kappa shape index (κ3) is 4.56. The van der Waals surface area contributed by atoms with E-state index in [0.717, 1.165) is 39.0 Å². The third-order valence-corrected chi connectivity index (χ3v) is 8.45. The fraction of sp³-hybridized carbons (Fsp3) is 0.417. The first-order chi connectivity index (χ1) is 16.1. The molecule has 33 heavy (non-hydrogen) atoms. The van der Waals surface area contributed by atoms with Crippen molar-refractivity contribution in [1.82, 2.24) is 24.6 Å². The van der Waals surface area contributed by atoms with Crippen molar-refractivity contribution in [2.45, 2.75) is 56.3 Å². The van der Waals surface area contributed by atoms with Crippen LogP contribution in [0.1, 0.15) is 56.1 Å². The Labute approximate surface area is 201 Å². The molecule has 1 aromatic carbocycles. The summed E-state index contributed by atoms with van der Waals surface area (Å²) in [5, 5.41) is 10.6. The molecule has 0 N–H and O–H groups in total. The van der Waals surface area contributed by atoms with Crippen LogP contribution in [0, 0.1) is 0 Å². The average Bonchev–Trinajstić information content (AvgIpc) is 3.61. The fourth-order valence-electron chi connectivity index (χ4n) is 4.30. The number of amides is 1. The van der Waals surface area contributed by atoms with Crippen LogP contribution in [0.2, 0.25) is 0 Å². The van der Waals surface area contributed by atoms with Crippen LogP contribution >= 0.6 is 23.1 Å². The molecular weight excluding hydrogens is 454 g/mol. The Morgan fingerprint density at radius 1 is 1.21 bits per heavy atom. The fourth-order valence-corrected chi connectivity index (χ4v) is 6.29. The van der Waals surface area contributed by atoms with Gasteiger partial charge in [-0.1, -0.05) is 43.2 Å². The van der Waals surface area contributed by atoms with E-state index in [1.807, 2.05) is 44.3 Å². The minimum absolute atomic E-state index is 0.0458. The number of thioether (sulfide) groups is 1. The number of hydrogen-bond donors (Lipinski definition) is 0. The molecule has 1 amide bonds. The molecule has 0 spiro atoms. The van der Waals surface area contributed by atoms with E-state index in [1.54, 1.807) is 22.5 Å². The maximum absolute atomic E-state index is 13.1. The number of rotatable bonds is 7.